The third-order valence-corrected chi connectivity index (χ3v) is 1.24. The Morgan fingerprint density at radius 3 is 2.18 bits per heavy atom. The molecular formula is C3H8NNaO5S. The molecule has 11 heavy (non-hydrogen) atoms. The van der Waals surface area contributed by atoms with Crippen molar-refractivity contribution in [3.8, 4) is 0 Å². The van der Waals surface area contributed by atoms with Crippen molar-refractivity contribution in [1.29, 1.82) is 0 Å². The second kappa shape index (κ2) is 6.32. The Bertz CT molecular complexity index is 178. The molecule has 0 heterocycles. The molecule has 0 unspecified atom stereocenters. The van der Waals surface area contributed by atoms with Gasteiger partial charge in [0, 0.05) is 13.0 Å². The summed E-state index contributed by atoms with van der Waals surface area (Å²) in [4.78, 5) is 0. The molecule has 3 N–H and O–H groups in total. The maximum absolute atomic E-state index is 9.78. The van der Waals surface area contributed by atoms with Crippen molar-refractivity contribution >= 4 is 10.3 Å². The Kier molecular flexibility index (Phi) is 8.23. The van der Waals surface area contributed by atoms with Crippen molar-refractivity contribution in [1.82, 2.24) is 4.72 Å². The van der Waals surface area contributed by atoms with Gasteiger partial charge in [-0.2, -0.15) is 0 Å². The molecule has 0 bridgehead atoms. The molecule has 62 valence electrons. The van der Waals surface area contributed by atoms with Crippen molar-refractivity contribution in [2.45, 2.75) is 12.7 Å². The van der Waals surface area contributed by atoms with Gasteiger partial charge >= 0.3 is 29.6 Å². The average Bonchev–Trinajstić information content (AvgIpc) is 1.59. The van der Waals surface area contributed by atoms with Gasteiger partial charge in [0.15, 0.2) is 16.6 Å². The monoisotopic (exact) mass is 193 g/mol. The summed E-state index contributed by atoms with van der Waals surface area (Å²) >= 11 is 0. The molecule has 0 aliphatic carbocycles. The number of aliphatic hydroxyl groups excluding tert-OH is 1. The number of hydrogen-bond donors (Lipinski definition) is 3. The fraction of sp³-hybridized carbons (Fsp3) is 1.00. The van der Waals surface area contributed by atoms with Crippen LogP contribution in [0.4, 0.5) is 0 Å². The predicted octanol–water partition coefficient (Wildman–Crippen LogP) is -5.26. The zero-order chi connectivity index (χ0) is 8.20. The summed E-state index contributed by atoms with van der Waals surface area (Å²) in [5.41, 5.74) is 0. The molecule has 0 aliphatic heterocycles. The summed E-state index contributed by atoms with van der Waals surface area (Å²) in [5, 5.41) is 16.3. The van der Waals surface area contributed by atoms with Crippen molar-refractivity contribution in [3.05, 3.63) is 0 Å². The Morgan fingerprint density at radius 1 is 1.45 bits per heavy atom. The van der Waals surface area contributed by atoms with Gasteiger partial charge in [0.1, 0.15) is 0 Å². The van der Waals surface area contributed by atoms with Crippen molar-refractivity contribution in [3.63, 3.8) is 0 Å². The van der Waals surface area contributed by atoms with E-state index >= 15 is 0 Å². The number of hydrogen-bond acceptors (Lipinski definition) is 5. The second-order valence-electron chi connectivity index (χ2n) is 1.62. The van der Waals surface area contributed by atoms with E-state index < -0.39 is 16.6 Å². The van der Waals surface area contributed by atoms with Crippen LogP contribution in [0.1, 0.15) is 6.42 Å². The third-order valence-electron chi connectivity index (χ3n) is 0.681. The Balaban J connectivity index is 0. The minimum Gasteiger partial charge on any atom is -0.735 e. The Morgan fingerprint density at radius 2 is 1.91 bits per heavy atom. The first kappa shape index (κ1) is 14.3. The molecule has 6 nitrogen and oxygen atoms in total. The Labute approximate surface area is 86.8 Å². The van der Waals surface area contributed by atoms with E-state index in [1.54, 1.807) is 4.72 Å². The first-order chi connectivity index (χ1) is 4.42. The molecule has 0 aromatic carbocycles. The summed E-state index contributed by atoms with van der Waals surface area (Å²) < 4.78 is 30.9. The maximum Gasteiger partial charge on any atom is 1.00 e. The normalized spacial score (nSPS) is 11.3. The van der Waals surface area contributed by atoms with E-state index in [0.717, 1.165) is 0 Å². The SMILES string of the molecule is O=S(=O)([O-])NCCC(O)O.[Na+]. The predicted molar refractivity (Wildman–Crippen MR) is 30.5 cm³/mol. The molecule has 0 radical (unpaired) electrons. The number of aliphatic hydroxyl groups is 2. The van der Waals surface area contributed by atoms with E-state index in [1.165, 1.54) is 0 Å². The van der Waals surface area contributed by atoms with E-state index in [-0.39, 0.29) is 42.5 Å². The van der Waals surface area contributed by atoms with E-state index in [0.29, 0.717) is 0 Å². The Hall–Kier alpha value is 0.790. The van der Waals surface area contributed by atoms with Crippen LogP contribution < -0.4 is 34.3 Å². The molecule has 0 aliphatic rings. The van der Waals surface area contributed by atoms with Crippen molar-refractivity contribution in [2.75, 3.05) is 6.54 Å². The molecule has 0 atom stereocenters. The zero-order valence-electron chi connectivity index (χ0n) is 6.02. The van der Waals surface area contributed by atoms with Crippen LogP contribution in [0.15, 0.2) is 0 Å². The van der Waals surface area contributed by atoms with E-state index in [1.807, 2.05) is 0 Å². The molecule has 0 fully saturated rings. The van der Waals surface area contributed by atoms with E-state index in [2.05, 4.69) is 0 Å². The fourth-order valence-electron chi connectivity index (χ4n) is 0.313. The van der Waals surface area contributed by atoms with E-state index in [4.69, 9.17) is 10.2 Å². The van der Waals surface area contributed by atoms with Crippen molar-refractivity contribution < 1.29 is 52.7 Å². The van der Waals surface area contributed by atoms with Crippen LogP contribution in [-0.4, -0.2) is 36.0 Å². The zero-order valence-corrected chi connectivity index (χ0v) is 8.84. The number of rotatable bonds is 4. The molecule has 0 saturated heterocycles. The summed E-state index contributed by atoms with van der Waals surface area (Å²) in [6.45, 7) is -0.260. The van der Waals surface area contributed by atoms with Crippen LogP contribution in [0.3, 0.4) is 0 Å². The van der Waals surface area contributed by atoms with Gasteiger partial charge in [-0.25, -0.2) is 13.1 Å². The first-order valence-corrected chi connectivity index (χ1v) is 3.89. The quantitative estimate of drug-likeness (QED) is 0.235. The van der Waals surface area contributed by atoms with Crippen LogP contribution in [0.5, 0.6) is 0 Å². The third kappa shape index (κ3) is 13.7. The minimum atomic E-state index is -4.44. The van der Waals surface area contributed by atoms with Crippen molar-refractivity contribution in [2.24, 2.45) is 0 Å². The maximum atomic E-state index is 9.78. The molecule has 0 amide bonds. The molecule has 0 rings (SSSR count). The molecule has 0 aromatic heterocycles. The van der Waals surface area contributed by atoms with Crippen LogP contribution in [-0.2, 0) is 10.3 Å². The van der Waals surface area contributed by atoms with Gasteiger partial charge in [-0.1, -0.05) is 0 Å². The van der Waals surface area contributed by atoms with Gasteiger partial charge in [-0.15, -0.1) is 0 Å². The fourth-order valence-corrected chi connectivity index (χ4v) is 0.681. The first-order valence-electron chi connectivity index (χ1n) is 2.48. The van der Waals surface area contributed by atoms with Crippen LogP contribution in [0.2, 0.25) is 0 Å². The van der Waals surface area contributed by atoms with Gasteiger partial charge in [0.25, 0.3) is 0 Å². The molecule has 8 heteroatoms. The number of nitrogens with one attached hydrogen (secondary N) is 1. The molecule has 0 spiro atoms. The minimum absolute atomic E-state index is 0. The van der Waals surface area contributed by atoms with Gasteiger partial charge in [-0.05, 0) is 0 Å². The van der Waals surface area contributed by atoms with Crippen LogP contribution in [0.25, 0.3) is 0 Å². The molecule has 0 aromatic rings. The summed E-state index contributed by atoms with van der Waals surface area (Å²) in [5.74, 6) is 0. The summed E-state index contributed by atoms with van der Waals surface area (Å²) in [6.07, 6.45) is -1.78. The summed E-state index contributed by atoms with van der Waals surface area (Å²) in [6, 6.07) is 0. The smallest absolute Gasteiger partial charge is 0.735 e. The van der Waals surface area contributed by atoms with Crippen LogP contribution >= 0.6 is 0 Å². The van der Waals surface area contributed by atoms with Gasteiger partial charge in [-0.3, -0.25) is 0 Å². The molecule has 0 saturated carbocycles. The van der Waals surface area contributed by atoms with Gasteiger partial charge in [0.05, 0.1) is 0 Å². The van der Waals surface area contributed by atoms with Crippen LogP contribution in [0, 0.1) is 0 Å². The standard InChI is InChI=1S/C3H9NO5S.Na/c5-3(6)1-2-4-10(7,8)9;/h3-6H,1-2H2,(H,7,8,9);/q;+1/p-1. The van der Waals surface area contributed by atoms with Gasteiger partial charge < -0.3 is 14.8 Å². The molecular weight excluding hydrogens is 185 g/mol. The van der Waals surface area contributed by atoms with Gasteiger partial charge in [0.2, 0.25) is 0 Å². The second-order valence-corrected chi connectivity index (χ2v) is 2.81. The largest absolute Gasteiger partial charge is 1.00 e. The average molecular weight is 193 g/mol. The summed E-state index contributed by atoms with van der Waals surface area (Å²) in [7, 11) is -4.44. The topological polar surface area (TPSA) is 110 Å². The van der Waals surface area contributed by atoms with E-state index in [9.17, 15) is 13.0 Å².